The molecule has 0 heterocycles. The maximum absolute atomic E-state index is 11.9. The van der Waals surface area contributed by atoms with Gasteiger partial charge in [-0.25, -0.2) is 0 Å². The van der Waals surface area contributed by atoms with Gasteiger partial charge in [-0.05, 0) is 45.7 Å². The van der Waals surface area contributed by atoms with Crippen LogP contribution in [-0.4, -0.2) is 62.9 Å². The summed E-state index contributed by atoms with van der Waals surface area (Å²) >= 11 is 0. The zero-order valence-corrected chi connectivity index (χ0v) is 13.4. The Kier molecular flexibility index (Phi) is 7.48. The van der Waals surface area contributed by atoms with Crippen LogP contribution in [0.2, 0.25) is 0 Å². The second-order valence-electron chi connectivity index (χ2n) is 5.72. The Bertz CT molecular complexity index is 295. The predicted octanol–water partition coefficient (Wildman–Crippen LogP) is 1.42. The van der Waals surface area contributed by atoms with Crippen molar-refractivity contribution < 1.29 is 14.3 Å². The van der Waals surface area contributed by atoms with Gasteiger partial charge in [0.05, 0.1) is 13.7 Å². The van der Waals surface area contributed by atoms with E-state index in [1.54, 1.807) is 7.11 Å². The molecular weight excluding hydrogens is 256 g/mol. The molecular formula is C15H30N2O3. The Hall–Kier alpha value is -0.650. The quantitative estimate of drug-likeness (QED) is 0.582. The Morgan fingerprint density at radius 3 is 2.55 bits per heavy atom. The minimum absolute atomic E-state index is 0.172. The lowest BCUT2D eigenvalue weighted by Gasteiger charge is -2.29. The van der Waals surface area contributed by atoms with Crippen molar-refractivity contribution in [2.24, 2.45) is 0 Å². The summed E-state index contributed by atoms with van der Waals surface area (Å²) in [6.07, 6.45) is 4.37. The summed E-state index contributed by atoms with van der Waals surface area (Å²) < 4.78 is 10.1. The predicted molar refractivity (Wildman–Crippen MR) is 79.8 cm³/mol. The molecule has 20 heavy (non-hydrogen) atoms. The molecule has 0 aromatic heterocycles. The summed E-state index contributed by atoms with van der Waals surface area (Å²) in [7, 11) is 3.19. The van der Waals surface area contributed by atoms with Gasteiger partial charge in [0.2, 0.25) is 0 Å². The number of rotatable bonds is 11. The molecule has 5 heteroatoms. The summed E-state index contributed by atoms with van der Waals surface area (Å²) in [5, 5.41) is 3.25. The SMILES string of the molecule is CCNC(C)(CCCN(CCOC)C1CC1)C(=O)OC. The van der Waals surface area contributed by atoms with Gasteiger partial charge in [-0.15, -0.1) is 0 Å². The van der Waals surface area contributed by atoms with Crippen molar-refractivity contribution in [2.45, 2.75) is 51.1 Å². The molecule has 5 nitrogen and oxygen atoms in total. The molecule has 0 saturated heterocycles. The molecule has 0 aromatic carbocycles. The van der Waals surface area contributed by atoms with Gasteiger partial charge < -0.3 is 14.8 Å². The molecule has 1 rings (SSSR count). The molecule has 1 saturated carbocycles. The van der Waals surface area contributed by atoms with Crippen molar-refractivity contribution in [3.63, 3.8) is 0 Å². The summed E-state index contributed by atoms with van der Waals surface area (Å²) in [6, 6.07) is 0.730. The molecule has 1 atom stereocenters. The fourth-order valence-electron chi connectivity index (χ4n) is 2.64. The first-order valence-electron chi connectivity index (χ1n) is 7.63. The van der Waals surface area contributed by atoms with E-state index in [2.05, 4.69) is 10.2 Å². The molecule has 1 N–H and O–H groups in total. The molecule has 1 aliphatic carbocycles. The highest BCUT2D eigenvalue weighted by Crippen LogP contribution is 2.27. The fraction of sp³-hybridized carbons (Fsp3) is 0.933. The number of nitrogens with one attached hydrogen (secondary N) is 1. The van der Waals surface area contributed by atoms with E-state index in [1.165, 1.54) is 20.0 Å². The van der Waals surface area contributed by atoms with Crippen molar-refractivity contribution in [3.8, 4) is 0 Å². The average Bonchev–Trinajstić information content (AvgIpc) is 3.26. The second kappa shape index (κ2) is 8.60. The highest BCUT2D eigenvalue weighted by atomic mass is 16.5. The highest BCUT2D eigenvalue weighted by molar-refractivity contribution is 5.80. The Balaban J connectivity index is 2.39. The van der Waals surface area contributed by atoms with Gasteiger partial charge in [0.15, 0.2) is 0 Å². The third-order valence-corrected chi connectivity index (χ3v) is 3.97. The lowest BCUT2D eigenvalue weighted by atomic mass is 9.95. The van der Waals surface area contributed by atoms with Crippen LogP contribution in [0.1, 0.15) is 39.5 Å². The van der Waals surface area contributed by atoms with E-state index in [1.807, 2.05) is 13.8 Å². The van der Waals surface area contributed by atoms with Crippen molar-refractivity contribution in [3.05, 3.63) is 0 Å². The number of likely N-dealkylation sites (N-methyl/N-ethyl adjacent to an activating group) is 1. The molecule has 1 unspecified atom stereocenters. The number of methoxy groups -OCH3 is 2. The van der Waals surface area contributed by atoms with Crippen LogP contribution < -0.4 is 5.32 Å². The molecule has 0 amide bonds. The van der Waals surface area contributed by atoms with Crippen LogP contribution >= 0.6 is 0 Å². The third kappa shape index (κ3) is 5.38. The molecule has 0 radical (unpaired) electrons. The van der Waals surface area contributed by atoms with Gasteiger partial charge >= 0.3 is 5.97 Å². The number of hydrogen-bond acceptors (Lipinski definition) is 5. The molecule has 0 spiro atoms. The van der Waals surface area contributed by atoms with Gasteiger partial charge in [-0.2, -0.15) is 0 Å². The van der Waals surface area contributed by atoms with Crippen LogP contribution in [-0.2, 0) is 14.3 Å². The van der Waals surface area contributed by atoms with E-state index in [4.69, 9.17) is 9.47 Å². The molecule has 1 aliphatic rings. The first kappa shape index (κ1) is 17.4. The Labute approximate surface area is 123 Å². The first-order valence-corrected chi connectivity index (χ1v) is 7.63. The number of hydrogen-bond donors (Lipinski definition) is 1. The number of carbonyl (C=O) groups is 1. The third-order valence-electron chi connectivity index (χ3n) is 3.97. The normalized spacial score (nSPS) is 18.1. The lowest BCUT2D eigenvalue weighted by Crippen LogP contribution is -2.50. The van der Waals surface area contributed by atoms with Gasteiger partial charge in [-0.3, -0.25) is 9.69 Å². The fourth-order valence-corrected chi connectivity index (χ4v) is 2.64. The van der Waals surface area contributed by atoms with Crippen molar-refractivity contribution in [1.82, 2.24) is 10.2 Å². The van der Waals surface area contributed by atoms with Crippen molar-refractivity contribution in [2.75, 3.05) is 40.5 Å². The van der Waals surface area contributed by atoms with E-state index in [-0.39, 0.29) is 5.97 Å². The largest absolute Gasteiger partial charge is 0.468 e. The first-order chi connectivity index (χ1) is 9.57. The number of nitrogens with zero attached hydrogens (tertiary/aromatic N) is 1. The summed E-state index contributed by atoms with van der Waals surface area (Å²) in [4.78, 5) is 14.4. The molecule has 1 fully saturated rings. The van der Waals surface area contributed by atoms with Crippen LogP contribution in [0.15, 0.2) is 0 Å². The Morgan fingerprint density at radius 2 is 2.05 bits per heavy atom. The van der Waals surface area contributed by atoms with Crippen molar-refractivity contribution >= 4 is 5.97 Å². The van der Waals surface area contributed by atoms with Gasteiger partial charge in [0.1, 0.15) is 5.54 Å². The van der Waals surface area contributed by atoms with Crippen LogP contribution in [0.25, 0.3) is 0 Å². The van der Waals surface area contributed by atoms with Crippen LogP contribution in [0, 0.1) is 0 Å². The van der Waals surface area contributed by atoms with E-state index in [9.17, 15) is 4.79 Å². The van der Waals surface area contributed by atoms with Gasteiger partial charge in [-0.1, -0.05) is 6.92 Å². The van der Waals surface area contributed by atoms with Crippen LogP contribution in [0.4, 0.5) is 0 Å². The minimum Gasteiger partial charge on any atom is -0.468 e. The van der Waals surface area contributed by atoms with E-state index in [0.29, 0.717) is 0 Å². The summed E-state index contributed by atoms with van der Waals surface area (Å²) in [6.45, 7) is 7.48. The smallest absolute Gasteiger partial charge is 0.325 e. The highest BCUT2D eigenvalue weighted by Gasteiger charge is 2.34. The summed E-state index contributed by atoms with van der Waals surface area (Å²) in [5.74, 6) is -0.172. The zero-order chi connectivity index (χ0) is 15.0. The Morgan fingerprint density at radius 1 is 1.35 bits per heavy atom. The van der Waals surface area contributed by atoms with E-state index < -0.39 is 5.54 Å². The van der Waals surface area contributed by atoms with E-state index in [0.717, 1.165) is 45.1 Å². The number of esters is 1. The lowest BCUT2D eigenvalue weighted by molar-refractivity contribution is -0.148. The number of carbonyl (C=O) groups excluding carboxylic acids is 1. The van der Waals surface area contributed by atoms with Crippen molar-refractivity contribution in [1.29, 1.82) is 0 Å². The monoisotopic (exact) mass is 286 g/mol. The maximum Gasteiger partial charge on any atom is 0.325 e. The zero-order valence-electron chi connectivity index (χ0n) is 13.4. The molecule has 0 aliphatic heterocycles. The van der Waals surface area contributed by atoms with E-state index >= 15 is 0 Å². The van der Waals surface area contributed by atoms with Gasteiger partial charge in [0, 0.05) is 19.7 Å². The maximum atomic E-state index is 11.9. The van der Waals surface area contributed by atoms with Crippen LogP contribution in [0.3, 0.4) is 0 Å². The molecule has 118 valence electrons. The standard InChI is InChI=1S/C15H30N2O3/c1-5-16-15(2,14(18)20-4)9-6-10-17(11-12-19-3)13-7-8-13/h13,16H,5-12H2,1-4H3. The topological polar surface area (TPSA) is 50.8 Å². The molecule has 0 aromatic rings. The summed E-state index contributed by atoms with van der Waals surface area (Å²) in [5.41, 5.74) is -0.569. The average molecular weight is 286 g/mol. The number of ether oxygens (including phenoxy) is 2. The molecule has 0 bridgehead atoms. The van der Waals surface area contributed by atoms with Crippen LogP contribution in [0.5, 0.6) is 0 Å². The van der Waals surface area contributed by atoms with Gasteiger partial charge in [0.25, 0.3) is 0 Å². The minimum atomic E-state index is -0.569. The second-order valence-corrected chi connectivity index (χ2v) is 5.72.